The molecule has 1 aromatic heterocycles. The van der Waals surface area contributed by atoms with Crippen LogP contribution in [0, 0.1) is 11.3 Å². The molecule has 6 nitrogen and oxygen atoms in total. The van der Waals surface area contributed by atoms with Crippen molar-refractivity contribution >= 4 is 46.0 Å². The maximum atomic E-state index is 13.8. The Morgan fingerprint density at radius 1 is 1.21 bits per heavy atom. The van der Waals surface area contributed by atoms with Gasteiger partial charge < -0.3 is 10.2 Å². The monoisotopic (exact) mass is 581 g/mol. The van der Waals surface area contributed by atoms with Crippen molar-refractivity contribution in [3.05, 3.63) is 75.0 Å². The number of carbonyl (C=O) groups is 1. The molecule has 3 aromatic rings. The smallest absolute Gasteiger partial charge is 0.347 e. The number of halogens is 5. The van der Waals surface area contributed by atoms with Crippen LogP contribution in [0.15, 0.2) is 42.6 Å². The first-order valence-electron chi connectivity index (χ1n) is 12.0. The molecule has 5 rings (SSSR count). The van der Waals surface area contributed by atoms with Gasteiger partial charge in [-0.1, -0.05) is 41.0 Å². The second-order valence-electron chi connectivity index (χ2n) is 9.52. The van der Waals surface area contributed by atoms with Gasteiger partial charge in [0.1, 0.15) is 0 Å². The van der Waals surface area contributed by atoms with Crippen molar-refractivity contribution < 1.29 is 18.0 Å². The molecule has 38 heavy (non-hydrogen) atoms. The first kappa shape index (κ1) is 26.9. The van der Waals surface area contributed by atoms with Crippen LogP contribution >= 0.6 is 35.0 Å². The fraction of sp³-hybridized carbons (Fsp3) is 0.346. The number of rotatable bonds is 7. The molecule has 2 heterocycles. The molecular weight excluding hydrogens is 558 g/mol. The fourth-order valence-corrected chi connectivity index (χ4v) is 5.78. The third kappa shape index (κ3) is 5.82. The molecule has 2 aliphatic rings. The van der Waals surface area contributed by atoms with Gasteiger partial charge in [-0.3, -0.25) is 14.9 Å². The minimum atomic E-state index is -4.66. The summed E-state index contributed by atoms with van der Waals surface area (Å²) >= 11 is 13.7. The van der Waals surface area contributed by atoms with E-state index in [1.807, 2.05) is 11.0 Å². The zero-order valence-corrected chi connectivity index (χ0v) is 22.6. The molecule has 200 valence electrons. The van der Waals surface area contributed by atoms with Crippen molar-refractivity contribution in [1.82, 2.24) is 20.0 Å². The maximum absolute atomic E-state index is 13.8. The maximum Gasteiger partial charge on any atom is 0.435 e. The summed E-state index contributed by atoms with van der Waals surface area (Å²) in [5, 5.41) is 16.0. The molecule has 2 N–H and O–H groups in total. The summed E-state index contributed by atoms with van der Waals surface area (Å²) in [6.07, 6.45) is -1.47. The number of benzene rings is 2. The average molecular weight is 582 g/mol. The molecule has 0 radical (unpaired) electrons. The summed E-state index contributed by atoms with van der Waals surface area (Å²) in [5.74, 6) is 0.592. The number of alkyl halides is 3. The number of nitrogens with zero attached hydrogens (tertiary/aromatic N) is 3. The number of hydrogen-bond donors (Lipinski definition) is 2. The van der Waals surface area contributed by atoms with Gasteiger partial charge >= 0.3 is 6.18 Å². The minimum Gasteiger partial charge on any atom is -0.347 e. The van der Waals surface area contributed by atoms with Gasteiger partial charge in [0.15, 0.2) is 10.9 Å². The van der Waals surface area contributed by atoms with Gasteiger partial charge in [0.25, 0.3) is 5.91 Å². The Balaban J connectivity index is 1.52. The molecule has 0 unspecified atom stereocenters. The highest BCUT2D eigenvalue weighted by molar-refractivity contribution is 8.14. The van der Waals surface area contributed by atoms with Crippen LogP contribution in [0.4, 0.5) is 13.2 Å². The molecule has 0 spiro atoms. The molecular formula is C26H24Cl2F3N5OS. The van der Waals surface area contributed by atoms with E-state index in [1.165, 1.54) is 31.1 Å². The summed E-state index contributed by atoms with van der Waals surface area (Å²) in [6.45, 7) is 0.956. The molecule has 1 amide bonds. The van der Waals surface area contributed by atoms with Gasteiger partial charge in [0, 0.05) is 43.2 Å². The van der Waals surface area contributed by atoms with E-state index >= 15 is 0 Å². The molecule has 12 heteroatoms. The SMILES string of the molecule is Cn1cc(-c2cc(CN3CCSC3=N)cc(C(=O)N[C@H](c3ccc(Cl)c(Cl)c3)C3CC3)c2)c(C(F)(F)F)n1. The van der Waals surface area contributed by atoms with Gasteiger partial charge in [0.2, 0.25) is 0 Å². The number of nitrogens with one attached hydrogen (secondary N) is 2. The highest BCUT2D eigenvalue weighted by atomic mass is 35.5. The molecule has 1 aliphatic heterocycles. The largest absolute Gasteiger partial charge is 0.435 e. The van der Waals surface area contributed by atoms with Crippen molar-refractivity contribution in [3.63, 3.8) is 0 Å². The van der Waals surface area contributed by atoms with Gasteiger partial charge in [-0.25, -0.2) is 0 Å². The van der Waals surface area contributed by atoms with E-state index in [0.29, 0.717) is 33.9 Å². The molecule has 1 saturated carbocycles. The summed E-state index contributed by atoms with van der Waals surface area (Å²) in [6, 6.07) is 9.71. The Morgan fingerprint density at radius 2 is 1.97 bits per heavy atom. The highest BCUT2D eigenvalue weighted by Gasteiger charge is 2.38. The fourth-order valence-electron chi connectivity index (χ4n) is 4.63. The Hall–Kier alpha value is -2.69. The van der Waals surface area contributed by atoms with E-state index in [-0.39, 0.29) is 28.7 Å². The van der Waals surface area contributed by atoms with Crippen LogP contribution in [0.2, 0.25) is 10.0 Å². The Morgan fingerprint density at radius 3 is 2.61 bits per heavy atom. The van der Waals surface area contributed by atoms with Crippen LogP contribution in [0.5, 0.6) is 0 Å². The summed E-state index contributed by atoms with van der Waals surface area (Å²) in [5.41, 5.74) is 0.808. The van der Waals surface area contributed by atoms with Crippen LogP contribution in [0.3, 0.4) is 0 Å². The molecule has 1 atom stereocenters. The number of thioether (sulfide) groups is 1. The summed E-state index contributed by atoms with van der Waals surface area (Å²) in [7, 11) is 1.43. The lowest BCUT2D eigenvalue weighted by atomic mass is 9.98. The Kier molecular flexibility index (Phi) is 7.41. The van der Waals surface area contributed by atoms with Gasteiger partial charge in [-0.05, 0) is 65.8 Å². The van der Waals surface area contributed by atoms with Gasteiger partial charge in [-0.2, -0.15) is 18.3 Å². The van der Waals surface area contributed by atoms with E-state index in [9.17, 15) is 18.0 Å². The number of hydrogen-bond acceptors (Lipinski definition) is 4. The molecule has 0 bridgehead atoms. The van der Waals surface area contributed by atoms with E-state index in [1.54, 1.807) is 24.3 Å². The topological polar surface area (TPSA) is 74.0 Å². The second kappa shape index (κ2) is 10.5. The predicted molar refractivity (Wildman–Crippen MR) is 144 cm³/mol. The first-order valence-corrected chi connectivity index (χ1v) is 13.7. The number of amidine groups is 1. The Labute approximate surface area is 232 Å². The minimum absolute atomic E-state index is 0.106. The molecule has 1 aliphatic carbocycles. The lowest BCUT2D eigenvalue weighted by Gasteiger charge is -2.21. The standard InChI is InChI=1S/C26H24Cl2F3N5OS/c1-35-13-19(23(34-35)26(29,30)31)17-8-14(12-36-6-7-38-25(36)32)9-18(10-17)24(37)33-22(15-2-3-15)16-4-5-20(27)21(28)11-16/h4-5,8-11,13,15,22,32H,2-3,6-7,12H2,1H3,(H,33,37)/t22-/m0/s1. The van der Waals surface area contributed by atoms with E-state index in [4.69, 9.17) is 28.6 Å². The number of carbonyl (C=O) groups excluding carboxylic acids is 1. The lowest BCUT2D eigenvalue weighted by Crippen LogP contribution is -2.30. The van der Waals surface area contributed by atoms with Gasteiger partial charge in [-0.15, -0.1) is 0 Å². The van der Waals surface area contributed by atoms with Crippen molar-refractivity contribution in [2.45, 2.75) is 31.6 Å². The average Bonchev–Trinajstić information content (AvgIpc) is 3.50. The van der Waals surface area contributed by atoms with Crippen LogP contribution in [-0.4, -0.2) is 38.1 Å². The third-order valence-corrected chi connectivity index (χ3v) is 8.26. The molecule has 1 saturated heterocycles. The number of aryl methyl sites for hydroxylation is 1. The highest BCUT2D eigenvalue weighted by Crippen LogP contribution is 2.42. The van der Waals surface area contributed by atoms with Crippen LogP contribution < -0.4 is 5.32 Å². The quantitative estimate of drug-likeness (QED) is 0.322. The van der Waals surface area contributed by atoms with Crippen molar-refractivity contribution in [2.75, 3.05) is 12.3 Å². The van der Waals surface area contributed by atoms with E-state index < -0.39 is 17.8 Å². The number of amides is 1. The van der Waals surface area contributed by atoms with Crippen molar-refractivity contribution in [1.29, 1.82) is 5.41 Å². The van der Waals surface area contributed by atoms with Gasteiger partial charge in [0.05, 0.1) is 16.1 Å². The number of aromatic nitrogens is 2. The third-order valence-electron chi connectivity index (χ3n) is 6.61. The van der Waals surface area contributed by atoms with Crippen molar-refractivity contribution in [2.24, 2.45) is 13.0 Å². The Bertz CT molecular complexity index is 1410. The normalized spacial score (nSPS) is 16.7. The lowest BCUT2D eigenvalue weighted by molar-refractivity contribution is -0.140. The van der Waals surface area contributed by atoms with Crippen molar-refractivity contribution in [3.8, 4) is 11.1 Å². The van der Waals surface area contributed by atoms with Crippen LogP contribution in [-0.2, 0) is 19.8 Å². The van der Waals surface area contributed by atoms with E-state index in [2.05, 4.69) is 10.4 Å². The van der Waals surface area contributed by atoms with Crippen LogP contribution in [0.25, 0.3) is 11.1 Å². The van der Waals surface area contributed by atoms with E-state index in [0.717, 1.165) is 28.8 Å². The summed E-state index contributed by atoms with van der Waals surface area (Å²) in [4.78, 5) is 15.4. The molecule has 2 aromatic carbocycles. The first-order chi connectivity index (χ1) is 18.0. The zero-order chi connectivity index (χ0) is 27.2. The second-order valence-corrected chi connectivity index (χ2v) is 11.4. The summed E-state index contributed by atoms with van der Waals surface area (Å²) < 4.78 is 42.5. The zero-order valence-electron chi connectivity index (χ0n) is 20.3. The van der Waals surface area contributed by atoms with Crippen LogP contribution in [0.1, 0.15) is 46.1 Å². The predicted octanol–water partition coefficient (Wildman–Crippen LogP) is 6.78. The molecule has 2 fully saturated rings.